The molecule has 0 fully saturated rings. The van der Waals surface area contributed by atoms with Crippen LogP contribution in [0.2, 0.25) is 0 Å². The molecule has 0 aliphatic heterocycles. The van der Waals surface area contributed by atoms with Crippen molar-refractivity contribution in [2.75, 3.05) is 0 Å². The molecule has 0 saturated carbocycles. The van der Waals surface area contributed by atoms with Crippen molar-refractivity contribution >= 4 is 0 Å². The molecule has 2 heteroatoms. The smallest absolute Gasteiger partial charge is 0.0603 e. The second kappa shape index (κ2) is 5.78. The van der Waals surface area contributed by atoms with E-state index < -0.39 is 0 Å². The molecular formula is C16H20N2. The van der Waals surface area contributed by atoms with E-state index in [0.29, 0.717) is 0 Å². The Kier molecular flexibility index (Phi) is 4.11. The molecule has 0 aliphatic carbocycles. The summed E-state index contributed by atoms with van der Waals surface area (Å²) in [5.74, 6) is 0. The molecule has 0 aliphatic rings. The van der Waals surface area contributed by atoms with Crippen molar-refractivity contribution in [1.29, 1.82) is 0 Å². The highest BCUT2D eigenvalue weighted by atomic mass is 14.8. The molecule has 2 N–H and O–H groups in total. The van der Waals surface area contributed by atoms with Crippen LogP contribution in [0.25, 0.3) is 0 Å². The Labute approximate surface area is 109 Å². The minimum Gasteiger partial charge on any atom is -0.322 e. The summed E-state index contributed by atoms with van der Waals surface area (Å²) in [4.78, 5) is 4.38. The fourth-order valence-corrected chi connectivity index (χ4v) is 2.15. The first-order valence-electron chi connectivity index (χ1n) is 6.45. The second-order valence-electron chi connectivity index (χ2n) is 4.69. The Morgan fingerprint density at radius 3 is 2.39 bits per heavy atom. The molecule has 1 aromatic heterocycles. The van der Waals surface area contributed by atoms with E-state index in [0.717, 1.165) is 24.1 Å². The summed E-state index contributed by atoms with van der Waals surface area (Å²) in [6.07, 6.45) is 3.72. The predicted molar refractivity (Wildman–Crippen MR) is 75.4 cm³/mol. The van der Waals surface area contributed by atoms with Gasteiger partial charge in [0, 0.05) is 6.20 Å². The van der Waals surface area contributed by atoms with Gasteiger partial charge in [0.1, 0.15) is 0 Å². The number of nitrogens with two attached hydrogens (primary N) is 1. The monoisotopic (exact) mass is 240 g/mol. The van der Waals surface area contributed by atoms with Gasteiger partial charge in [0.2, 0.25) is 0 Å². The third-order valence-corrected chi connectivity index (χ3v) is 3.29. The van der Waals surface area contributed by atoms with Crippen LogP contribution < -0.4 is 5.73 Å². The zero-order valence-corrected chi connectivity index (χ0v) is 11.1. The molecule has 2 aromatic rings. The first-order chi connectivity index (χ1) is 8.70. The fourth-order valence-electron chi connectivity index (χ4n) is 2.15. The number of benzene rings is 1. The number of aromatic nitrogens is 1. The summed E-state index contributed by atoms with van der Waals surface area (Å²) < 4.78 is 0. The van der Waals surface area contributed by atoms with E-state index in [2.05, 4.69) is 49.2 Å². The summed E-state index contributed by atoms with van der Waals surface area (Å²) in [5, 5.41) is 0. The maximum absolute atomic E-state index is 6.24. The lowest BCUT2D eigenvalue weighted by atomic mass is 9.99. The lowest BCUT2D eigenvalue weighted by molar-refractivity contribution is 0.690. The topological polar surface area (TPSA) is 38.9 Å². The fraction of sp³-hybridized carbons (Fsp3) is 0.312. The van der Waals surface area contributed by atoms with Crippen molar-refractivity contribution in [2.45, 2.75) is 32.7 Å². The average Bonchev–Trinajstić information content (AvgIpc) is 2.40. The molecular weight excluding hydrogens is 220 g/mol. The van der Waals surface area contributed by atoms with Gasteiger partial charge < -0.3 is 5.73 Å². The summed E-state index contributed by atoms with van der Waals surface area (Å²) in [5.41, 5.74) is 11.0. The van der Waals surface area contributed by atoms with E-state index in [1.165, 1.54) is 11.1 Å². The van der Waals surface area contributed by atoms with Gasteiger partial charge in [0.25, 0.3) is 0 Å². The lowest BCUT2D eigenvalue weighted by Gasteiger charge is -2.13. The van der Waals surface area contributed by atoms with Gasteiger partial charge in [-0.1, -0.05) is 37.3 Å². The van der Waals surface area contributed by atoms with E-state index in [1.807, 2.05) is 12.3 Å². The third-order valence-electron chi connectivity index (χ3n) is 3.29. The number of hydrogen-bond donors (Lipinski definition) is 1. The first kappa shape index (κ1) is 12.8. The normalized spacial score (nSPS) is 12.4. The number of aryl methyl sites for hydroxylation is 2. The molecule has 94 valence electrons. The molecule has 1 aromatic carbocycles. The van der Waals surface area contributed by atoms with Gasteiger partial charge in [-0.05, 0) is 42.5 Å². The SMILES string of the molecule is CCc1ccc(CC(N)c2ncccc2C)cc1. The largest absolute Gasteiger partial charge is 0.322 e. The van der Waals surface area contributed by atoms with Crippen LogP contribution in [0.4, 0.5) is 0 Å². The number of pyridine rings is 1. The maximum Gasteiger partial charge on any atom is 0.0603 e. The molecule has 2 rings (SSSR count). The molecule has 0 radical (unpaired) electrons. The quantitative estimate of drug-likeness (QED) is 0.891. The molecule has 0 amide bonds. The van der Waals surface area contributed by atoms with Crippen LogP contribution in [-0.4, -0.2) is 4.98 Å². The van der Waals surface area contributed by atoms with Gasteiger partial charge in [0.15, 0.2) is 0 Å². The van der Waals surface area contributed by atoms with Crippen LogP contribution in [0.3, 0.4) is 0 Å². The summed E-state index contributed by atoms with van der Waals surface area (Å²) in [7, 11) is 0. The van der Waals surface area contributed by atoms with Crippen molar-refractivity contribution < 1.29 is 0 Å². The van der Waals surface area contributed by atoms with Crippen LogP contribution in [0.5, 0.6) is 0 Å². The minimum absolute atomic E-state index is 0.0290. The van der Waals surface area contributed by atoms with Gasteiger partial charge in [-0.15, -0.1) is 0 Å². The van der Waals surface area contributed by atoms with Gasteiger partial charge in [0.05, 0.1) is 11.7 Å². The first-order valence-corrected chi connectivity index (χ1v) is 6.45. The van der Waals surface area contributed by atoms with E-state index in [4.69, 9.17) is 5.73 Å². The Morgan fingerprint density at radius 2 is 1.78 bits per heavy atom. The van der Waals surface area contributed by atoms with Crippen molar-refractivity contribution in [2.24, 2.45) is 5.73 Å². The van der Waals surface area contributed by atoms with E-state index >= 15 is 0 Å². The molecule has 1 atom stereocenters. The van der Waals surface area contributed by atoms with Gasteiger partial charge in [-0.2, -0.15) is 0 Å². The highest BCUT2D eigenvalue weighted by Gasteiger charge is 2.10. The second-order valence-corrected chi connectivity index (χ2v) is 4.69. The Balaban J connectivity index is 2.11. The van der Waals surface area contributed by atoms with E-state index in [9.17, 15) is 0 Å². The zero-order chi connectivity index (χ0) is 13.0. The predicted octanol–water partition coefficient (Wildman–Crippen LogP) is 3.19. The summed E-state index contributed by atoms with van der Waals surface area (Å²) in [6, 6.07) is 12.7. The van der Waals surface area contributed by atoms with Crippen LogP contribution in [0, 0.1) is 6.92 Å². The number of nitrogens with zero attached hydrogens (tertiary/aromatic N) is 1. The molecule has 0 spiro atoms. The standard InChI is InChI=1S/C16H20N2/c1-3-13-6-8-14(9-7-13)11-15(17)16-12(2)5-4-10-18-16/h4-10,15H,3,11,17H2,1-2H3. The molecule has 0 bridgehead atoms. The van der Waals surface area contributed by atoms with Crippen LogP contribution in [-0.2, 0) is 12.8 Å². The lowest BCUT2D eigenvalue weighted by Crippen LogP contribution is -2.16. The van der Waals surface area contributed by atoms with E-state index in [1.54, 1.807) is 0 Å². The Morgan fingerprint density at radius 1 is 1.11 bits per heavy atom. The van der Waals surface area contributed by atoms with Crippen LogP contribution in [0.15, 0.2) is 42.6 Å². The molecule has 0 saturated heterocycles. The van der Waals surface area contributed by atoms with Crippen molar-refractivity contribution in [3.8, 4) is 0 Å². The molecule has 2 nitrogen and oxygen atoms in total. The van der Waals surface area contributed by atoms with Crippen LogP contribution in [0.1, 0.15) is 35.3 Å². The van der Waals surface area contributed by atoms with Gasteiger partial charge >= 0.3 is 0 Å². The van der Waals surface area contributed by atoms with Gasteiger partial charge in [-0.25, -0.2) is 0 Å². The summed E-state index contributed by atoms with van der Waals surface area (Å²) >= 11 is 0. The third kappa shape index (κ3) is 2.96. The number of rotatable bonds is 4. The van der Waals surface area contributed by atoms with Crippen LogP contribution >= 0.6 is 0 Å². The highest BCUT2D eigenvalue weighted by molar-refractivity contribution is 5.26. The Bertz CT molecular complexity index is 503. The molecule has 1 unspecified atom stereocenters. The van der Waals surface area contributed by atoms with Gasteiger partial charge in [-0.3, -0.25) is 4.98 Å². The van der Waals surface area contributed by atoms with E-state index in [-0.39, 0.29) is 6.04 Å². The zero-order valence-electron chi connectivity index (χ0n) is 11.1. The molecule has 18 heavy (non-hydrogen) atoms. The number of hydrogen-bond acceptors (Lipinski definition) is 2. The average molecular weight is 240 g/mol. The highest BCUT2D eigenvalue weighted by Crippen LogP contribution is 2.17. The summed E-state index contributed by atoms with van der Waals surface area (Å²) in [6.45, 7) is 4.22. The Hall–Kier alpha value is -1.67. The maximum atomic E-state index is 6.24. The minimum atomic E-state index is -0.0290. The molecule has 1 heterocycles. The van der Waals surface area contributed by atoms with Crippen molar-refractivity contribution in [3.05, 3.63) is 65.0 Å². The van der Waals surface area contributed by atoms with Crippen molar-refractivity contribution in [1.82, 2.24) is 4.98 Å². The van der Waals surface area contributed by atoms with Crippen molar-refractivity contribution in [3.63, 3.8) is 0 Å².